The Kier molecular flexibility index (Phi) is 8.87. The van der Waals surface area contributed by atoms with Crippen LogP contribution in [0.3, 0.4) is 0 Å². The van der Waals surface area contributed by atoms with Crippen molar-refractivity contribution in [2.75, 3.05) is 25.0 Å². The van der Waals surface area contributed by atoms with E-state index in [-0.39, 0.29) is 27.4 Å². The second kappa shape index (κ2) is 11.5. The molecule has 3 aromatic rings. The second-order valence-corrected chi connectivity index (χ2v) is 10.6. The van der Waals surface area contributed by atoms with Gasteiger partial charge in [-0.25, -0.2) is 18.0 Å². The van der Waals surface area contributed by atoms with Crippen LogP contribution in [-0.2, 0) is 30.5 Å². The standard InChI is InChI=1S/C23H19BrF3NO7S2/c1-3-34-17(29)12-35-19-18(24)20(36-21(19)22(30)33-2)13-7-6-8-14(11-13)28-37(31,32)16-10-5-4-9-15(16)23(25,26)27/h4-11,28H,3,12H2,1-2H3. The molecule has 1 aromatic heterocycles. The Bertz CT molecular complexity index is 1420. The molecule has 0 bridgehead atoms. The first-order valence-corrected chi connectivity index (χ1v) is 13.5. The highest BCUT2D eigenvalue weighted by atomic mass is 79.9. The number of sulfonamides is 1. The van der Waals surface area contributed by atoms with Crippen molar-refractivity contribution in [3.05, 3.63) is 63.4 Å². The van der Waals surface area contributed by atoms with Gasteiger partial charge in [0.2, 0.25) is 0 Å². The second-order valence-electron chi connectivity index (χ2n) is 7.17. The lowest BCUT2D eigenvalue weighted by Crippen LogP contribution is -2.18. The molecule has 37 heavy (non-hydrogen) atoms. The van der Waals surface area contributed by atoms with Crippen LogP contribution >= 0.6 is 27.3 Å². The average molecular weight is 622 g/mol. The molecule has 14 heteroatoms. The summed E-state index contributed by atoms with van der Waals surface area (Å²) in [4.78, 5) is 23.6. The van der Waals surface area contributed by atoms with Gasteiger partial charge in [0.25, 0.3) is 10.0 Å². The molecule has 0 unspecified atom stereocenters. The normalized spacial score (nSPS) is 11.6. The number of alkyl halides is 3. The zero-order chi connectivity index (χ0) is 27.4. The summed E-state index contributed by atoms with van der Waals surface area (Å²) in [7, 11) is -3.44. The van der Waals surface area contributed by atoms with Crippen molar-refractivity contribution in [2.45, 2.75) is 18.0 Å². The molecular weight excluding hydrogens is 603 g/mol. The molecule has 0 radical (unpaired) electrons. The number of rotatable bonds is 9. The lowest BCUT2D eigenvalue weighted by Gasteiger charge is -2.14. The monoisotopic (exact) mass is 621 g/mol. The molecule has 198 valence electrons. The molecule has 0 aliphatic carbocycles. The van der Waals surface area contributed by atoms with Crippen LogP contribution < -0.4 is 9.46 Å². The number of carbonyl (C=O) groups excluding carboxylic acids is 2. The number of halogens is 4. The highest BCUT2D eigenvalue weighted by Gasteiger charge is 2.37. The largest absolute Gasteiger partial charge is 0.479 e. The van der Waals surface area contributed by atoms with E-state index in [0.29, 0.717) is 16.5 Å². The molecule has 0 saturated carbocycles. The minimum absolute atomic E-state index is 0.0185. The number of hydrogen-bond acceptors (Lipinski definition) is 8. The fraction of sp³-hybridized carbons (Fsp3) is 0.217. The van der Waals surface area contributed by atoms with Crippen LogP contribution in [0.1, 0.15) is 22.2 Å². The van der Waals surface area contributed by atoms with Gasteiger partial charge in [-0.2, -0.15) is 13.2 Å². The maximum absolute atomic E-state index is 13.4. The van der Waals surface area contributed by atoms with E-state index in [4.69, 9.17) is 14.2 Å². The Labute approximate surface area is 222 Å². The van der Waals surface area contributed by atoms with Crippen molar-refractivity contribution in [3.8, 4) is 16.2 Å². The minimum atomic E-state index is -4.88. The summed E-state index contributed by atoms with van der Waals surface area (Å²) in [6.45, 7) is 1.28. The Morgan fingerprint density at radius 2 is 1.81 bits per heavy atom. The Morgan fingerprint density at radius 1 is 1.11 bits per heavy atom. The molecular formula is C23H19BrF3NO7S2. The number of anilines is 1. The lowest BCUT2D eigenvalue weighted by atomic mass is 10.1. The van der Waals surface area contributed by atoms with Crippen molar-refractivity contribution in [1.29, 1.82) is 0 Å². The van der Waals surface area contributed by atoms with Crippen molar-refractivity contribution >= 4 is 54.9 Å². The number of carbonyl (C=O) groups is 2. The summed E-state index contributed by atoms with van der Waals surface area (Å²) < 4.78 is 83.3. The van der Waals surface area contributed by atoms with Gasteiger partial charge in [0.05, 0.1) is 33.5 Å². The van der Waals surface area contributed by atoms with E-state index >= 15 is 0 Å². The van der Waals surface area contributed by atoms with Crippen LogP contribution in [0.25, 0.3) is 10.4 Å². The van der Waals surface area contributed by atoms with Crippen molar-refractivity contribution in [1.82, 2.24) is 0 Å². The molecule has 3 rings (SSSR count). The highest BCUT2D eigenvalue weighted by molar-refractivity contribution is 9.10. The average Bonchev–Trinajstić information content (AvgIpc) is 3.18. The molecule has 2 aromatic carbocycles. The van der Waals surface area contributed by atoms with Crippen LogP contribution in [-0.4, -0.2) is 40.7 Å². The number of hydrogen-bond donors (Lipinski definition) is 1. The van der Waals surface area contributed by atoms with E-state index in [2.05, 4.69) is 20.7 Å². The summed E-state index contributed by atoms with van der Waals surface area (Å²) in [6.07, 6.45) is -4.88. The van der Waals surface area contributed by atoms with Gasteiger partial charge in [-0.1, -0.05) is 24.3 Å². The third kappa shape index (κ3) is 6.62. The van der Waals surface area contributed by atoms with Crippen LogP contribution in [0.2, 0.25) is 0 Å². The molecule has 8 nitrogen and oxygen atoms in total. The lowest BCUT2D eigenvalue weighted by molar-refractivity contribution is -0.145. The molecule has 1 heterocycles. The first-order chi connectivity index (χ1) is 17.4. The number of esters is 2. The van der Waals surface area contributed by atoms with Gasteiger partial charge < -0.3 is 14.2 Å². The number of methoxy groups -OCH3 is 1. The molecule has 0 spiro atoms. The van der Waals surface area contributed by atoms with E-state index in [1.54, 1.807) is 13.0 Å². The van der Waals surface area contributed by atoms with Gasteiger partial charge in [0.1, 0.15) is 0 Å². The van der Waals surface area contributed by atoms with Gasteiger partial charge in [-0.3, -0.25) is 4.72 Å². The summed E-state index contributed by atoms with van der Waals surface area (Å²) in [5.74, 6) is -1.38. The van der Waals surface area contributed by atoms with E-state index in [0.717, 1.165) is 23.5 Å². The fourth-order valence-electron chi connectivity index (χ4n) is 3.14. The first-order valence-electron chi connectivity index (χ1n) is 10.4. The summed E-state index contributed by atoms with van der Waals surface area (Å²) in [5.41, 5.74) is -0.925. The molecule has 0 aliphatic heterocycles. The Morgan fingerprint density at radius 3 is 2.46 bits per heavy atom. The maximum atomic E-state index is 13.4. The van der Waals surface area contributed by atoms with E-state index in [1.165, 1.54) is 31.4 Å². The van der Waals surface area contributed by atoms with Gasteiger partial charge in [-0.05, 0) is 52.7 Å². The van der Waals surface area contributed by atoms with Gasteiger partial charge in [0.15, 0.2) is 17.2 Å². The molecule has 1 N–H and O–H groups in total. The number of nitrogens with one attached hydrogen (secondary N) is 1. The van der Waals surface area contributed by atoms with Gasteiger partial charge in [0, 0.05) is 5.69 Å². The molecule has 0 aliphatic rings. The number of ether oxygens (including phenoxy) is 3. The van der Waals surface area contributed by atoms with E-state index < -0.39 is 45.2 Å². The zero-order valence-electron chi connectivity index (χ0n) is 19.2. The maximum Gasteiger partial charge on any atom is 0.417 e. The quantitative estimate of drug-likeness (QED) is 0.304. The third-order valence-corrected chi connectivity index (χ3v) is 8.34. The van der Waals surface area contributed by atoms with Crippen LogP contribution in [0.4, 0.5) is 18.9 Å². The first kappa shape index (κ1) is 28.5. The Hall–Kier alpha value is -3.10. The summed E-state index contributed by atoms with van der Waals surface area (Å²) in [5, 5.41) is 0. The molecule has 0 amide bonds. The minimum Gasteiger partial charge on any atom is -0.479 e. The van der Waals surface area contributed by atoms with E-state index in [1.807, 2.05) is 0 Å². The Balaban J connectivity index is 1.98. The van der Waals surface area contributed by atoms with Crippen LogP contribution in [0, 0.1) is 0 Å². The SMILES string of the molecule is CCOC(=O)COc1c(C(=O)OC)sc(-c2cccc(NS(=O)(=O)c3ccccc3C(F)(F)F)c2)c1Br. The fourth-order valence-corrected chi connectivity index (χ4v) is 6.39. The van der Waals surface area contributed by atoms with Crippen molar-refractivity contribution in [3.63, 3.8) is 0 Å². The van der Waals surface area contributed by atoms with Crippen molar-refractivity contribution in [2.24, 2.45) is 0 Å². The van der Waals surface area contributed by atoms with Gasteiger partial charge >= 0.3 is 18.1 Å². The summed E-state index contributed by atoms with van der Waals surface area (Å²) in [6, 6.07) is 9.63. The predicted octanol–water partition coefficient (Wildman–Crippen LogP) is 5.73. The predicted molar refractivity (Wildman–Crippen MR) is 133 cm³/mol. The topological polar surface area (TPSA) is 108 Å². The number of thiophene rings is 1. The van der Waals surface area contributed by atoms with Crippen LogP contribution in [0.15, 0.2) is 57.9 Å². The molecule has 0 atom stereocenters. The van der Waals surface area contributed by atoms with E-state index in [9.17, 15) is 31.2 Å². The van der Waals surface area contributed by atoms with Crippen LogP contribution in [0.5, 0.6) is 5.75 Å². The van der Waals surface area contributed by atoms with Crippen molar-refractivity contribution < 1.29 is 45.4 Å². The van der Waals surface area contributed by atoms with Gasteiger partial charge in [-0.15, -0.1) is 11.3 Å². The molecule has 0 saturated heterocycles. The molecule has 0 fully saturated rings. The summed E-state index contributed by atoms with van der Waals surface area (Å²) >= 11 is 4.28. The third-order valence-electron chi connectivity index (χ3n) is 4.68. The zero-order valence-corrected chi connectivity index (χ0v) is 22.4. The smallest absolute Gasteiger partial charge is 0.417 e. The number of benzene rings is 2. The highest BCUT2D eigenvalue weighted by Crippen LogP contribution is 2.46.